The van der Waals surface area contributed by atoms with Gasteiger partial charge in [-0.1, -0.05) is 27.7 Å². The van der Waals surface area contributed by atoms with E-state index in [4.69, 9.17) is 0 Å². The number of hydrogen-bond donors (Lipinski definition) is 1. The van der Waals surface area contributed by atoms with E-state index in [9.17, 15) is 0 Å². The minimum Gasteiger partial charge on any atom is -0.353 e. The Kier molecular flexibility index (Phi) is 7.84. The van der Waals surface area contributed by atoms with E-state index in [1.165, 1.54) is 12.0 Å². The largest absolute Gasteiger partial charge is 0.353 e. The third-order valence-corrected chi connectivity index (χ3v) is 3.79. The molecule has 0 aliphatic heterocycles. The highest BCUT2D eigenvalue weighted by Gasteiger charge is 2.09. The van der Waals surface area contributed by atoms with E-state index in [1.54, 1.807) is 0 Å². The SMILES string of the molecule is CCCNC(CC)c1ccn(CCN(CC)CC)c1. The molecule has 110 valence electrons. The zero-order chi connectivity index (χ0) is 14.1. The van der Waals surface area contributed by atoms with Crippen LogP contribution in [0.5, 0.6) is 0 Å². The molecule has 1 aromatic heterocycles. The number of likely N-dealkylation sites (N-methyl/N-ethyl adjacent to an activating group) is 1. The molecule has 0 saturated heterocycles. The van der Waals surface area contributed by atoms with Crippen LogP contribution in [0.3, 0.4) is 0 Å². The van der Waals surface area contributed by atoms with Crippen molar-refractivity contribution in [2.75, 3.05) is 26.2 Å². The molecule has 1 unspecified atom stereocenters. The Bertz CT molecular complexity index is 328. The van der Waals surface area contributed by atoms with Crippen molar-refractivity contribution in [2.45, 2.75) is 53.1 Å². The van der Waals surface area contributed by atoms with Gasteiger partial charge in [0.15, 0.2) is 0 Å². The Morgan fingerprint density at radius 1 is 1.21 bits per heavy atom. The van der Waals surface area contributed by atoms with Crippen molar-refractivity contribution < 1.29 is 0 Å². The standard InChI is InChI=1S/C16H31N3/c1-5-10-17-16(6-2)15-9-11-19(14-15)13-12-18(7-3)8-4/h9,11,14,16-17H,5-8,10,12-13H2,1-4H3. The van der Waals surface area contributed by atoms with Gasteiger partial charge in [-0.05, 0) is 44.1 Å². The zero-order valence-corrected chi connectivity index (χ0v) is 13.2. The van der Waals surface area contributed by atoms with Crippen molar-refractivity contribution in [3.05, 3.63) is 24.0 Å². The van der Waals surface area contributed by atoms with Crippen LogP contribution in [0.15, 0.2) is 18.5 Å². The first-order valence-electron chi connectivity index (χ1n) is 7.86. The Balaban J connectivity index is 2.50. The number of hydrogen-bond acceptors (Lipinski definition) is 2. The van der Waals surface area contributed by atoms with E-state index in [-0.39, 0.29) is 0 Å². The predicted molar refractivity (Wildman–Crippen MR) is 83.5 cm³/mol. The first-order chi connectivity index (χ1) is 9.24. The molecule has 3 heteroatoms. The van der Waals surface area contributed by atoms with Gasteiger partial charge in [-0.3, -0.25) is 0 Å². The minimum absolute atomic E-state index is 0.509. The smallest absolute Gasteiger partial charge is 0.0347 e. The van der Waals surface area contributed by atoms with E-state index in [2.05, 4.69) is 60.9 Å². The van der Waals surface area contributed by atoms with Gasteiger partial charge in [0.25, 0.3) is 0 Å². The Morgan fingerprint density at radius 3 is 2.53 bits per heavy atom. The highest BCUT2D eigenvalue weighted by molar-refractivity contribution is 5.15. The summed E-state index contributed by atoms with van der Waals surface area (Å²) in [6.07, 6.45) is 6.87. The molecule has 0 saturated carbocycles. The topological polar surface area (TPSA) is 20.2 Å². The van der Waals surface area contributed by atoms with Gasteiger partial charge >= 0.3 is 0 Å². The second kappa shape index (κ2) is 9.16. The molecular weight excluding hydrogens is 234 g/mol. The summed E-state index contributed by atoms with van der Waals surface area (Å²) in [5.41, 5.74) is 1.43. The Morgan fingerprint density at radius 2 is 1.95 bits per heavy atom. The van der Waals surface area contributed by atoms with Crippen molar-refractivity contribution in [2.24, 2.45) is 0 Å². The lowest BCUT2D eigenvalue weighted by molar-refractivity contribution is 0.290. The van der Waals surface area contributed by atoms with Crippen LogP contribution in [0, 0.1) is 0 Å². The molecule has 0 spiro atoms. The number of rotatable bonds is 10. The van der Waals surface area contributed by atoms with Gasteiger partial charge in [0.1, 0.15) is 0 Å². The summed E-state index contributed by atoms with van der Waals surface area (Å²) in [6, 6.07) is 2.77. The molecule has 19 heavy (non-hydrogen) atoms. The fourth-order valence-electron chi connectivity index (χ4n) is 2.42. The number of aromatic nitrogens is 1. The fraction of sp³-hybridized carbons (Fsp3) is 0.750. The van der Waals surface area contributed by atoms with Crippen molar-refractivity contribution in [1.82, 2.24) is 14.8 Å². The molecule has 0 aromatic carbocycles. The molecule has 0 bridgehead atoms. The molecule has 0 aliphatic carbocycles. The van der Waals surface area contributed by atoms with Crippen LogP contribution in [0.25, 0.3) is 0 Å². The highest BCUT2D eigenvalue weighted by Crippen LogP contribution is 2.16. The van der Waals surface area contributed by atoms with Crippen LogP contribution in [0.4, 0.5) is 0 Å². The van der Waals surface area contributed by atoms with Crippen LogP contribution in [-0.4, -0.2) is 35.6 Å². The maximum atomic E-state index is 3.61. The summed E-state index contributed by atoms with van der Waals surface area (Å²) in [5, 5.41) is 3.61. The maximum absolute atomic E-state index is 3.61. The van der Waals surface area contributed by atoms with Crippen molar-refractivity contribution in [1.29, 1.82) is 0 Å². The summed E-state index contributed by atoms with van der Waals surface area (Å²) < 4.78 is 2.32. The maximum Gasteiger partial charge on any atom is 0.0347 e. The summed E-state index contributed by atoms with van der Waals surface area (Å²) in [5.74, 6) is 0. The second-order valence-corrected chi connectivity index (χ2v) is 5.12. The first kappa shape index (κ1) is 16.3. The van der Waals surface area contributed by atoms with E-state index >= 15 is 0 Å². The lowest BCUT2D eigenvalue weighted by Crippen LogP contribution is -2.26. The van der Waals surface area contributed by atoms with Crippen LogP contribution in [0.2, 0.25) is 0 Å². The Labute approximate surface area is 119 Å². The lowest BCUT2D eigenvalue weighted by atomic mass is 10.1. The fourth-order valence-corrected chi connectivity index (χ4v) is 2.42. The van der Waals surface area contributed by atoms with Gasteiger partial charge in [-0.25, -0.2) is 0 Å². The van der Waals surface area contributed by atoms with Gasteiger partial charge in [0.2, 0.25) is 0 Å². The lowest BCUT2D eigenvalue weighted by Gasteiger charge is -2.18. The van der Waals surface area contributed by atoms with E-state index in [1.807, 2.05) is 0 Å². The Hall–Kier alpha value is -0.800. The minimum atomic E-state index is 0.509. The molecule has 1 aromatic rings. The molecule has 3 nitrogen and oxygen atoms in total. The molecule has 1 atom stereocenters. The molecular formula is C16H31N3. The first-order valence-corrected chi connectivity index (χ1v) is 7.86. The monoisotopic (exact) mass is 265 g/mol. The number of nitrogens with one attached hydrogen (secondary N) is 1. The summed E-state index contributed by atoms with van der Waals surface area (Å²) in [6.45, 7) is 14.5. The molecule has 1 heterocycles. The molecule has 1 N–H and O–H groups in total. The van der Waals surface area contributed by atoms with E-state index < -0.39 is 0 Å². The quantitative estimate of drug-likeness (QED) is 0.700. The third kappa shape index (κ3) is 5.37. The third-order valence-electron chi connectivity index (χ3n) is 3.79. The normalized spacial score (nSPS) is 13.1. The predicted octanol–water partition coefficient (Wildman–Crippen LogP) is 3.28. The average Bonchev–Trinajstić information content (AvgIpc) is 2.90. The van der Waals surface area contributed by atoms with Gasteiger partial charge in [-0.2, -0.15) is 0 Å². The molecule has 1 rings (SSSR count). The summed E-state index contributed by atoms with van der Waals surface area (Å²) in [4.78, 5) is 2.46. The summed E-state index contributed by atoms with van der Waals surface area (Å²) >= 11 is 0. The van der Waals surface area contributed by atoms with Gasteiger partial charge in [0.05, 0.1) is 0 Å². The van der Waals surface area contributed by atoms with Crippen molar-refractivity contribution in [3.63, 3.8) is 0 Å². The van der Waals surface area contributed by atoms with E-state index in [0.717, 1.165) is 39.1 Å². The second-order valence-electron chi connectivity index (χ2n) is 5.12. The van der Waals surface area contributed by atoms with Crippen LogP contribution in [-0.2, 0) is 6.54 Å². The average molecular weight is 265 g/mol. The van der Waals surface area contributed by atoms with E-state index in [0.29, 0.717) is 6.04 Å². The van der Waals surface area contributed by atoms with Crippen molar-refractivity contribution in [3.8, 4) is 0 Å². The van der Waals surface area contributed by atoms with Crippen molar-refractivity contribution >= 4 is 0 Å². The molecule has 0 radical (unpaired) electrons. The van der Waals surface area contributed by atoms with Crippen LogP contribution >= 0.6 is 0 Å². The van der Waals surface area contributed by atoms with Gasteiger partial charge in [0, 0.05) is 31.5 Å². The van der Waals surface area contributed by atoms with Crippen LogP contribution in [0.1, 0.15) is 52.1 Å². The molecule has 0 amide bonds. The molecule has 0 aliphatic rings. The number of nitrogens with zero attached hydrogens (tertiary/aromatic N) is 2. The zero-order valence-electron chi connectivity index (χ0n) is 13.2. The molecule has 0 fully saturated rings. The van der Waals surface area contributed by atoms with Gasteiger partial charge in [-0.15, -0.1) is 0 Å². The van der Waals surface area contributed by atoms with Gasteiger partial charge < -0.3 is 14.8 Å². The highest BCUT2D eigenvalue weighted by atomic mass is 15.1. The summed E-state index contributed by atoms with van der Waals surface area (Å²) in [7, 11) is 0. The van der Waals surface area contributed by atoms with Crippen LogP contribution < -0.4 is 5.32 Å².